The fraction of sp³-hybridized carbons (Fsp3) is 0.263. The van der Waals surface area contributed by atoms with Crippen molar-refractivity contribution in [1.82, 2.24) is 19.7 Å². The zero-order chi connectivity index (χ0) is 19.5. The smallest absolute Gasteiger partial charge is 0.237 e. The third kappa shape index (κ3) is 3.79. The molecule has 1 aliphatic heterocycles. The quantitative estimate of drug-likeness (QED) is 0.662. The van der Waals surface area contributed by atoms with Gasteiger partial charge in [0.2, 0.25) is 5.91 Å². The Balaban J connectivity index is 1.43. The summed E-state index contributed by atoms with van der Waals surface area (Å²) in [6, 6.07) is 9.11. The minimum atomic E-state index is -0.360. The average molecular weight is 397 g/mol. The van der Waals surface area contributed by atoms with Gasteiger partial charge in [-0.25, -0.2) is 0 Å². The summed E-state index contributed by atoms with van der Waals surface area (Å²) in [5, 5.41) is 11.7. The van der Waals surface area contributed by atoms with Crippen molar-refractivity contribution >= 4 is 23.4 Å². The van der Waals surface area contributed by atoms with Crippen molar-refractivity contribution in [1.29, 1.82) is 0 Å². The number of carbonyl (C=O) groups excluding carboxylic acids is 1. The van der Waals surface area contributed by atoms with Crippen molar-refractivity contribution in [2.75, 3.05) is 18.5 Å². The van der Waals surface area contributed by atoms with Crippen molar-refractivity contribution in [3.8, 4) is 22.9 Å². The fourth-order valence-corrected chi connectivity index (χ4v) is 3.56. The van der Waals surface area contributed by atoms with Crippen LogP contribution in [0.15, 0.2) is 47.9 Å². The normalized spacial score (nSPS) is 13.8. The van der Waals surface area contributed by atoms with Crippen LogP contribution in [-0.2, 0) is 11.8 Å². The summed E-state index contributed by atoms with van der Waals surface area (Å²) < 4.78 is 12.9. The van der Waals surface area contributed by atoms with Crippen LogP contribution in [0.1, 0.15) is 6.92 Å². The van der Waals surface area contributed by atoms with Crippen molar-refractivity contribution < 1.29 is 14.3 Å². The van der Waals surface area contributed by atoms with E-state index in [1.807, 2.05) is 30.7 Å². The molecule has 2 aromatic heterocycles. The number of pyridine rings is 1. The molecule has 1 aromatic carbocycles. The molecule has 0 bridgehead atoms. The van der Waals surface area contributed by atoms with E-state index in [1.54, 1.807) is 30.6 Å². The van der Waals surface area contributed by atoms with E-state index in [9.17, 15) is 4.79 Å². The molecule has 0 saturated heterocycles. The maximum Gasteiger partial charge on any atom is 0.237 e. The first-order chi connectivity index (χ1) is 13.6. The van der Waals surface area contributed by atoms with Gasteiger partial charge in [0.05, 0.1) is 5.25 Å². The van der Waals surface area contributed by atoms with Crippen LogP contribution in [0.4, 0.5) is 5.69 Å². The van der Waals surface area contributed by atoms with Crippen molar-refractivity contribution in [3.05, 3.63) is 42.7 Å². The van der Waals surface area contributed by atoms with E-state index in [1.165, 1.54) is 11.8 Å². The van der Waals surface area contributed by atoms with Gasteiger partial charge in [0.1, 0.15) is 13.2 Å². The number of hydrogen-bond acceptors (Lipinski definition) is 7. The molecule has 1 aliphatic rings. The van der Waals surface area contributed by atoms with E-state index in [0.29, 0.717) is 35.6 Å². The Bertz CT molecular complexity index is 992. The Morgan fingerprint density at radius 1 is 1.14 bits per heavy atom. The van der Waals surface area contributed by atoms with Crippen LogP contribution < -0.4 is 14.8 Å². The van der Waals surface area contributed by atoms with Crippen molar-refractivity contribution in [2.45, 2.75) is 17.3 Å². The molecule has 144 valence electrons. The van der Waals surface area contributed by atoms with Gasteiger partial charge in [-0.05, 0) is 31.2 Å². The number of thioether (sulfide) groups is 1. The molecule has 8 nitrogen and oxygen atoms in total. The van der Waals surface area contributed by atoms with Crippen LogP contribution in [0, 0.1) is 0 Å². The number of fused-ring (bicyclic) bond motifs is 1. The molecule has 3 heterocycles. The molecule has 0 radical (unpaired) electrons. The Hall–Kier alpha value is -3.07. The van der Waals surface area contributed by atoms with Crippen LogP contribution >= 0.6 is 11.8 Å². The molecule has 0 saturated carbocycles. The molecule has 9 heteroatoms. The summed E-state index contributed by atoms with van der Waals surface area (Å²) in [6.45, 7) is 2.87. The van der Waals surface area contributed by atoms with Crippen LogP contribution in [0.5, 0.6) is 11.5 Å². The van der Waals surface area contributed by atoms with Gasteiger partial charge >= 0.3 is 0 Å². The molecule has 4 rings (SSSR count). The Morgan fingerprint density at radius 3 is 2.68 bits per heavy atom. The SMILES string of the molecule is C[C@H](Sc1nnc(-c2ccncc2)n1C)C(=O)Nc1ccc2c(c1)OCCO2. The maximum atomic E-state index is 12.6. The molecular formula is C19H19N5O3S. The largest absolute Gasteiger partial charge is 0.486 e. The number of amides is 1. The topological polar surface area (TPSA) is 91.2 Å². The Morgan fingerprint density at radius 2 is 1.89 bits per heavy atom. The van der Waals surface area contributed by atoms with E-state index < -0.39 is 0 Å². The lowest BCUT2D eigenvalue weighted by atomic mass is 10.2. The summed E-state index contributed by atoms with van der Waals surface area (Å²) in [7, 11) is 1.88. The minimum Gasteiger partial charge on any atom is -0.486 e. The predicted octanol–water partition coefficient (Wildman–Crippen LogP) is 2.77. The number of rotatable bonds is 5. The van der Waals surface area contributed by atoms with Gasteiger partial charge < -0.3 is 19.4 Å². The molecule has 0 spiro atoms. The van der Waals surface area contributed by atoms with Gasteiger partial charge in [-0.1, -0.05) is 11.8 Å². The van der Waals surface area contributed by atoms with Crippen molar-refractivity contribution in [3.63, 3.8) is 0 Å². The monoisotopic (exact) mass is 397 g/mol. The summed E-state index contributed by atoms with van der Waals surface area (Å²) in [5.41, 5.74) is 1.59. The fourth-order valence-electron chi connectivity index (χ4n) is 2.75. The van der Waals surface area contributed by atoms with Crippen LogP contribution in [0.25, 0.3) is 11.4 Å². The Kier molecular flexibility index (Phi) is 5.16. The highest BCUT2D eigenvalue weighted by Crippen LogP contribution is 2.33. The first kappa shape index (κ1) is 18.3. The second-order valence-corrected chi connectivity index (χ2v) is 7.52. The number of hydrogen-bond donors (Lipinski definition) is 1. The first-order valence-electron chi connectivity index (χ1n) is 8.79. The highest BCUT2D eigenvalue weighted by molar-refractivity contribution is 8.00. The number of benzene rings is 1. The lowest BCUT2D eigenvalue weighted by Gasteiger charge is -2.19. The van der Waals surface area contributed by atoms with E-state index in [4.69, 9.17) is 9.47 Å². The molecule has 0 aliphatic carbocycles. The average Bonchev–Trinajstić information content (AvgIpc) is 3.08. The molecule has 0 fully saturated rings. The van der Waals surface area contributed by atoms with Crippen molar-refractivity contribution in [2.24, 2.45) is 7.05 Å². The van der Waals surface area contributed by atoms with Gasteiger partial charge in [0.25, 0.3) is 0 Å². The zero-order valence-electron chi connectivity index (χ0n) is 15.5. The number of nitrogens with one attached hydrogen (secondary N) is 1. The molecule has 28 heavy (non-hydrogen) atoms. The van der Waals surface area contributed by atoms with Gasteiger partial charge in [-0.3, -0.25) is 9.78 Å². The zero-order valence-corrected chi connectivity index (χ0v) is 16.3. The van der Waals surface area contributed by atoms with Crippen LogP contribution in [0.2, 0.25) is 0 Å². The summed E-state index contributed by atoms with van der Waals surface area (Å²) in [5.74, 6) is 1.92. The van der Waals surface area contributed by atoms with Crippen LogP contribution in [-0.4, -0.2) is 44.1 Å². The predicted molar refractivity (Wildman–Crippen MR) is 106 cm³/mol. The summed E-state index contributed by atoms with van der Waals surface area (Å²) in [6.07, 6.45) is 3.42. The molecule has 1 amide bonds. The number of anilines is 1. The summed E-state index contributed by atoms with van der Waals surface area (Å²) in [4.78, 5) is 16.6. The molecule has 0 unspecified atom stereocenters. The van der Waals surface area contributed by atoms with E-state index in [0.717, 1.165) is 11.4 Å². The number of carbonyl (C=O) groups is 1. The lowest BCUT2D eigenvalue weighted by molar-refractivity contribution is -0.115. The highest BCUT2D eigenvalue weighted by atomic mass is 32.2. The second kappa shape index (κ2) is 7.89. The molecule has 1 atom stereocenters. The van der Waals surface area contributed by atoms with Crippen LogP contribution in [0.3, 0.4) is 0 Å². The molecule has 1 N–H and O–H groups in total. The molecular weight excluding hydrogens is 378 g/mol. The number of ether oxygens (including phenoxy) is 2. The second-order valence-electron chi connectivity index (χ2n) is 6.21. The maximum absolute atomic E-state index is 12.6. The minimum absolute atomic E-state index is 0.130. The van der Waals surface area contributed by atoms with E-state index >= 15 is 0 Å². The molecule has 3 aromatic rings. The highest BCUT2D eigenvalue weighted by Gasteiger charge is 2.20. The first-order valence-corrected chi connectivity index (χ1v) is 9.67. The number of nitrogens with zero attached hydrogens (tertiary/aromatic N) is 4. The third-order valence-corrected chi connectivity index (χ3v) is 5.37. The summed E-state index contributed by atoms with van der Waals surface area (Å²) >= 11 is 1.35. The van der Waals surface area contributed by atoms with E-state index in [-0.39, 0.29) is 11.2 Å². The lowest BCUT2D eigenvalue weighted by Crippen LogP contribution is -2.23. The van der Waals surface area contributed by atoms with Gasteiger partial charge in [-0.15, -0.1) is 10.2 Å². The standard InChI is InChI=1S/C19H19N5O3S/c1-12(18(25)21-14-3-4-15-16(11-14)27-10-9-26-15)28-19-23-22-17(24(19)2)13-5-7-20-8-6-13/h3-8,11-12H,9-10H2,1-2H3,(H,21,25)/t12-/m0/s1. The third-order valence-electron chi connectivity index (χ3n) is 4.23. The number of aromatic nitrogens is 4. The van der Waals surface area contributed by atoms with Gasteiger partial charge in [0.15, 0.2) is 22.5 Å². The van der Waals surface area contributed by atoms with Gasteiger partial charge in [-0.2, -0.15) is 0 Å². The Labute approximate surface area is 166 Å². The van der Waals surface area contributed by atoms with Gasteiger partial charge in [0, 0.05) is 36.8 Å². The van der Waals surface area contributed by atoms with E-state index in [2.05, 4.69) is 20.5 Å².